The van der Waals surface area contributed by atoms with Crippen molar-refractivity contribution in [1.82, 2.24) is 4.98 Å². The van der Waals surface area contributed by atoms with Crippen LogP contribution in [0.15, 0.2) is 48.5 Å². The number of ether oxygens (including phenoxy) is 2. The molecule has 1 aromatic heterocycles. The highest BCUT2D eigenvalue weighted by Crippen LogP contribution is 2.26. The first kappa shape index (κ1) is 15.0. The van der Waals surface area contributed by atoms with E-state index in [1.54, 1.807) is 26.4 Å². The van der Waals surface area contributed by atoms with E-state index in [0.717, 1.165) is 33.8 Å². The molecule has 0 aliphatic rings. The average molecular weight is 310 g/mol. The van der Waals surface area contributed by atoms with Crippen LogP contribution in [0.25, 0.3) is 10.9 Å². The van der Waals surface area contributed by atoms with E-state index in [0.29, 0.717) is 6.54 Å². The van der Waals surface area contributed by atoms with Crippen LogP contribution in [0.3, 0.4) is 0 Å². The Morgan fingerprint density at radius 3 is 2.61 bits per heavy atom. The van der Waals surface area contributed by atoms with Crippen molar-refractivity contribution in [2.45, 2.75) is 6.54 Å². The van der Waals surface area contributed by atoms with E-state index in [9.17, 15) is 5.11 Å². The van der Waals surface area contributed by atoms with Crippen LogP contribution in [-0.4, -0.2) is 24.3 Å². The third-order valence-electron chi connectivity index (χ3n) is 3.63. The Bertz CT molecular complexity index is 834. The second-order valence-corrected chi connectivity index (χ2v) is 5.10. The number of methoxy groups -OCH3 is 2. The first-order valence-corrected chi connectivity index (χ1v) is 7.24. The molecular formula is C18H18N2O3. The summed E-state index contributed by atoms with van der Waals surface area (Å²) in [6.45, 7) is 0.574. The Kier molecular flexibility index (Phi) is 4.19. The largest absolute Gasteiger partial charge is 0.508 e. The van der Waals surface area contributed by atoms with Crippen molar-refractivity contribution in [3.63, 3.8) is 0 Å². The zero-order valence-electron chi connectivity index (χ0n) is 13.0. The number of phenolic OH excluding ortho intramolecular Hbond substituents is 1. The molecule has 23 heavy (non-hydrogen) atoms. The second kappa shape index (κ2) is 6.44. The zero-order chi connectivity index (χ0) is 16.2. The Labute approximate surface area is 134 Å². The lowest BCUT2D eigenvalue weighted by Gasteiger charge is -2.12. The van der Waals surface area contributed by atoms with Crippen LogP contribution in [-0.2, 0) is 6.54 Å². The lowest BCUT2D eigenvalue weighted by Crippen LogP contribution is -2.03. The van der Waals surface area contributed by atoms with Gasteiger partial charge in [0.15, 0.2) is 0 Å². The fourth-order valence-electron chi connectivity index (χ4n) is 2.39. The maximum absolute atomic E-state index is 9.56. The molecule has 0 unspecified atom stereocenters. The van der Waals surface area contributed by atoms with Gasteiger partial charge in [0.2, 0.25) is 0 Å². The van der Waals surface area contributed by atoms with E-state index in [1.807, 2.05) is 36.4 Å². The second-order valence-electron chi connectivity index (χ2n) is 5.10. The number of nitrogens with one attached hydrogen (secondary N) is 1. The van der Waals surface area contributed by atoms with Crippen molar-refractivity contribution in [2.75, 3.05) is 19.5 Å². The topological polar surface area (TPSA) is 63.6 Å². The van der Waals surface area contributed by atoms with Crippen LogP contribution in [0.1, 0.15) is 5.56 Å². The lowest BCUT2D eigenvalue weighted by atomic mass is 10.2. The van der Waals surface area contributed by atoms with E-state index in [4.69, 9.17) is 9.47 Å². The molecule has 0 radical (unpaired) electrons. The van der Waals surface area contributed by atoms with Gasteiger partial charge in [-0.2, -0.15) is 0 Å². The number of pyridine rings is 1. The molecule has 0 aliphatic carbocycles. The molecule has 2 aromatic carbocycles. The average Bonchev–Trinajstić information content (AvgIpc) is 2.59. The number of anilines is 1. The Hall–Kier alpha value is -2.95. The fourth-order valence-corrected chi connectivity index (χ4v) is 2.39. The van der Waals surface area contributed by atoms with Crippen molar-refractivity contribution in [1.29, 1.82) is 0 Å². The van der Waals surface area contributed by atoms with Gasteiger partial charge in [0.1, 0.15) is 23.1 Å². The summed E-state index contributed by atoms with van der Waals surface area (Å²) in [5, 5.41) is 13.8. The Balaban J connectivity index is 1.80. The molecule has 2 N–H and O–H groups in total. The summed E-state index contributed by atoms with van der Waals surface area (Å²) in [6, 6.07) is 14.7. The summed E-state index contributed by atoms with van der Waals surface area (Å²) >= 11 is 0. The number of rotatable bonds is 5. The quantitative estimate of drug-likeness (QED) is 0.754. The molecule has 5 nitrogen and oxygen atoms in total. The standard InChI is InChI=1S/C18H18N2O3/c1-22-15-7-4-13(17(10-15)23-2)11-19-18-8-5-12-3-6-14(21)9-16(12)20-18/h3-10,21H,11H2,1-2H3,(H,19,20). The minimum absolute atomic E-state index is 0.207. The number of aromatic hydroxyl groups is 1. The number of hydrogen-bond acceptors (Lipinski definition) is 5. The molecule has 0 atom stereocenters. The predicted octanol–water partition coefficient (Wildman–Crippen LogP) is 3.57. The zero-order valence-corrected chi connectivity index (χ0v) is 13.0. The van der Waals surface area contributed by atoms with Crippen LogP contribution in [0.5, 0.6) is 17.2 Å². The molecule has 5 heteroatoms. The van der Waals surface area contributed by atoms with E-state index in [2.05, 4.69) is 10.3 Å². The molecule has 118 valence electrons. The van der Waals surface area contributed by atoms with Gasteiger partial charge < -0.3 is 19.9 Å². The van der Waals surface area contributed by atoms with Crippen molar-refractivity contribution < 1.29 is 14.6 Å². The number of aromatic nitrogens is 1. The third-order valence-corrected chi connectivity index (χ3v) is 3.63. The van der Waals surface area contributed by atoms with Gasteiger partial charge in [-0.3, -0.25) is 0 Å². The number of hydrogen-bond donors (Lipinski definition) is 2. The molecule has 0 spiro atoms. The molecular weight excluding hydrogens is 292 g/mol. The summed E-state index contributed by atoms with van der Waals surface area (Å²) < 4.78 is 10.6. The maximum atomic E-state index is 9.56. The predicted molar refractivity (Wildman–Crippen MR) is 90.3 cm³/mol. The Morgan fingerprint density at radius 2 is 1.83 bits per heavy atom. The van der Waals surface area contributed by atoms with Crippen LogP contribution in [0.4, 0.5) is 5.82 Å². The summed E-state index contributed by atoms with van der Waals surface area (Å²) in [5.41, 5.74) is 1.75. The number of benzene rings is 2. The maximum Gasteiger partial charge on any atom is 0.127 e. The monoisotopic (exact) mass is 310 g/mol. The smallest absolute Gasteiger partial charge is 0.127 e. The minimum atomic E-state index is 0.207. The van der Waals surface area contributed by atoms with Crippen LogP contribution in [0, 0.1) is 0 Å². The number of fused-ring (bicyclic) bond motifs is 1. The van der Waals surface area contributed by atoms with E-state index < -0.39 is 0 Å². The van der Waals surface area contributed by atoms with Gasteiger partial charge in [0.25, 0.3) is 0 Å². The number of nitrogens with zero attached hydrogens (tertiary/aromatic N) is 1. The van der Waals surface area contributed by atoms with Gasteiger partial charge in [-0.05, 0) is 36.4 Å². The molecule has 0 bridgehead atoms. The summed E-state index contributed by atoms with van der Waals surface area (Å²) in [4.78, 5) is 4.50. The van der Waals surface area contributed by atoms with Crippen LogP contribution < -0.4 is 14.8 Å². The van der Waals surface area contributed by atoms with Gasteiger partial charge in [-0.1, -0.05) is 0 Å². The molecule has 0 aliphatic heterocycles. The van der Waals surface area contributed by atoms with Crippen molar-refractivity contribution in [3.8, 4) is 17.2 Å². The molecule has 0 saturated heterocycles. The van der Waals surface area contributed by atoms with E-state index >= 15 is 0 Å². The van der Waals surface area contributed by atoms with Gasteiger partial charge in [0.05, 0.1) is 19.7 Å². The third kappa shape index (κ3) is 3.29. The van der Waals surface area contributed by atoms with Gasteiger partial charge >= 0.3 is 0 Å². The molecule has 0 fully saturated rings. The van der Waals surface area contributed by atoms with Crippen molar-refractivity contribution in [3.05, 3.63) is 54.1 Å². The van der Waals surface area contributed by atoms with E-state index in [-0.39, 0.29) is 5.75 Å². The van der Waals surface area contributed by atoms with Gasteiger partial charge in [-0.25, -0.2) is 4.98 Å². The summed E-state index contributed by atoms with van der Waals surface area (Å²) in [7, 11) is 3.26. The lowest BCUT2D eigenvalue weighted by molar-refractivity contribution is 0.391. The first-order valence-electron chi connectivity index (χ1n) is 7.24. The highest BCUT2D eigenvalue weighted by atomic mass is 16.5. The van der Waals surface area contributed by atoms with Gasteiger partial charge in [-0.15, -0.1) is 0 Å². The van der Waals surface area contributed by atoms with Crippen LogP contribution >= 0.6 is 0 Å². The summed E-state index contributed by atoms with van der Waals surface area (Å²) in [5.74, 6) is 2.46. The minimum Gasteiger partial charge on any atom is -0.508 e. The van der Waals surface area contributed by atoms with Crippen LogP contribution in [0.2, 0.25) is 0 Å². The first-order chi connectivity index (χ1) is 11.2. The molecule has 3 aromatic rings. The Morgan fingerprint density at radius 1 is 1.00 bits per heavy atom. The van der Waals surface area contributed by atoms with E-state index in [1.165, 1.54) is 0 Å². The molecule has 0 amide bonds. The molecule has 3 rings (SSSR count). The molecule has 0 saturated carbocycles. The highest BCUT2D eigenvalue weighted by Gasteiger charge is 2.06. The summed E-state index contributed by atoms with van der Waals surface area (Å²) in [6.07, 6.45) is 0. The number of phenols is 1. The fraction of sp³-hybridized carbons (Fsp3) is 0.167. The van der Waals surface area contributed by atoms with Crippen molar-refractivity contribution in [2.24, 2.45) is 0 Å². The normalized spacial score (nSPS) is 10.5. The van der Waals surface area contributed by atoms with Gasteiger partial charge in [0, 0.05) is 29.6 Å². The highest BCUT2D eigenvalue weighted by molar-refractivity contribution is 5.81. The molecule has 1 heterocycles. The van der Waals surface area contributed by atoms with Crippen molar-refractivity contribution >= 4 is 16.7 Å². The SMILES string of the molecule is COc1ccc(CNc2ccc3ccc(O)cc3n2)c(OC)c1.